The minimum atomic E-state index is -1.47. The number of aromatic carboxylic acids is 1. The fraction of sp³-hybridized carbons (Fsp3) is 0. The topological polar surface area (TPSA) is 134 Å². The average molecular weight is 451 g/mol. The van der Waals surface area contributed by atoms with Gasteiger partial charge in [0.1, 0.15) is 11.5 Å². The molecule has 0 fully saturated rings. The van der Waals surface area contributed by atoms with Gasteiger partial charge in [-0.05, 0) is 36.4 Å². The quantitative estimate of drug-likeness (QED) is 0.362. The molecule has 0 amide bonds. The van der Waals surface area contributed by atoms with Crippen molar-refractivity contribution in [2.24, 2.45) is 0 Å². The minimum Gasteiger partial charge on any atom is -0.545 e. The molecular weight excluding hydrogens is 438 g/mol. The average Bonchev–Trinajstić information content (AvgIpc) is 3.34. The molecule has 0 atom stereocenters. The van der Waals surface area contributed by atoms with E-state index >= 15 is 0 Å². The molecule has 2 heterocycles. The Balaban J connectivity index is 1.76. The van der Waals surface area contributed by atoms with Crippen LogP contribution in [0.1, 0.15) is 16.1 Å². The van der Waals surface area contributed by atoms with Crippen LogP contribution in [0.3, 0.4) is 0 Å². The van der Waals surface area contributed by atoms with E-state index in [-0.39, 0.29) is 32.5 Å². The highest BCUT2D eigenvalue weighted by Gasteiger charge is 2.12. The second-order valence-corrected chi connectivity index (χ2v) is 7.16. The van der Waals surface area contributed by atoms with Crippen molar-refractivity contribution in [3.8, 4) is 17.0 Å². The number of carbonyl (C=O) groups excluding carboxylic acids is 1. The van der Waals surface area contributed by atoms with Crippen molar-refractivity contribution in [2.75, 3.05) is 0 Å². The van der Waals surface area contributed by atoms with Crippen LogP contribution in [-0.2, 0) is 0 Å². The van der Waals surface area contributed by atoms with Crippen molar-refractivity contribution in [1.29, 1.82) is 0 Å². The summed E-state index contributed by atoms with van der Waals surface area (Å²) >= 11 is 5.86. The van der Waals surface area contributed by atoms with Gasteiger partial charge in [-0.15, -0.1) is 0 Å². The molecule has 32 heavy (non-hydrogen) atoms. The molecule has 9 nitrogen and oxygen atoms in total. The number of aromatic nitrogens is 2. The number of carboxylic acids is 1. The maximum absolute atomic E-state index is 12.9. The zero-order chi connectivity index (χ0) is 23.0. The molecule has 0 saturated heterocycles. The van der Waals surface area contributed by atoms with Crippen LogP contribution in [0.25, 0.3) is 29.7 Å². The first kappa shape index (κ1) is 20.9. The standard InChI is InChI=1S/C22H14ClN3O6/c1-12-17(21(27)25(24-12)14-5-7-19(23)18(10-14)22(28)29)11-16-6-8-20(32-16)13-3-2-4-15(9-13)26(30)31/h2-11,24H,1H2,(H,28,29)/p-1. The Bertz CT molecular complexity index is 1550. The SMILES string of the molecule is C=c1[nH]n(-c2ccc(Cl)c(C(=O)[O-])c2)c(=O)c1=Cc1ccc(-c2cccc([N+](=O)[O-])c2)o1. The summed E-state index contributed by atoms with van der Waals surface area (Å²) in [5, 5.41) is 25.4. The number of rotatable bonds is 5. The van der Waals surface area contributed by atoms with E-state index in [1.54, 1.807) is 24.3 Å². The Labute approximate surface area is 184 Å². The predicted octanol–water partition coefficient (Wildman–Crippen LogP) is 1.59. The van der Waals surface area contributed by atoms with E-state index < -0.39 is 16.5 Å². The van der Waals surface area contributed by atoms with Crippen molar-refractivity contribution in [2.45, 2.75) is 0 Å². The molecule has 0 saturated carbocycles. The highest BCUT2D eigenvalue weighted by Crippen LogP contribution is 2.26. The Kier molecular flexibility index (Phi) is 5.25. The minimum absolute atomic E-state index is 0.0146. The molecule has 0 aliphatic carbocycles. The van der Waals surface area contributed by atoms with E-state index in [1.165, 1.54) is 36.4 Å². The Morgan fingerprint density at radius 1 is 1.19 bits per heavy atom. The second-order valence-electron chi connectivity index (χ2n) is 6.75. The van der Waals surface area contributed by atoms with E-state index in [2.05, 4.69) is 11.7 Å². The lowest BCUT2D eigenvalue weighted by Crippen LogP contribution is -2.34. The fourth-order valence-electron chi connectivity index (χ4n) is 3.14. The number of halogens is 1. The summed E-state index contributed by atoms with van der Waals surface area (Å²) in [4.78, 5) is 34.6. The molecule has 10 heteroatoms. The molecule has 1 N–H and O–H groups in total. The third-order valence-corrected chi connectivity index (χ3v) is 5.02. The highest BCUT2D eigenvalue weighted by atomic mass is 35.5. The number of H-pyrrole nitrogens is 1. The molecule has 0 spiro atoms. The Morgan fingerprint density at radius 2 is 1.97 bits per heavy atom. The first-order valence-electron chi connectivity index (χ1n) is 9.12. The van der Waals surface area contributed by atoms with Crippen LogP contribution < -0.4 is 21.2 Å². The first-order chi connectivity index (χ1) is 15.2. The zero-order valence-corrected chi connectivity index (χ0v) is 17.0. The summed E-state index contributed by atoms with van der Waals surface area (Å²) in [6, 6.07) is 13.2. The molecule has 4 aromatic rings. The van der Waals surface area contributed by atoms with Crippen LogP contribution in [0.15, 0.2) is 63.8 Å². The third kappa shape index (κ3) is 3.84. The molecule has 160 valence electrons. The van der Waals surface area contributed by atoms with Gasteiger partial charge in [-0.25, -0.2) is 4.68 Å². The number of nitro groups is 1. The smallest absolute Gasteiger partial charge is 0.279 e. The predicted molar refractivity (Wildman–Crippen MR) is 115 cm³/mol. The van der Waals surface area contributed by atoms with Crippen LogP contribution in [0.2, 0.25) is 5.02 Å². The third-order valence-electron chi connectivity index (χ3n) is 4.69. The summed E-state index contributed by atoms with van der Waals surface area (Å²) in [6.07, 6.45) is 1.47. The van der Waals surface area contributed by atoms with Crippen LogP contribution in [-0.4, -0.2) is 20.7 Å². The summed E-state index contributed by atoms with van der Waals surface area (Å²) in [5.41, 5.74) is -0.0720. The maximum Gasteiger partial charge on any atom is 0.279 e. The molecule has 4 rings (SSSR count). The van der Waals surface area contributed by atoms with Gasteiger partial charge in [0.05, 0.1) is 27.1 Å². The number of nitro benzene ring substituents is 1. The van der Waals surface area contributed by atoms with Crippen molar-refractivity contribution in [3.05, 3.63) is 102 Å². The lowest BCUT2D eigenvalue weighted by atomic mass is 10.1. The molecular formula is C22H13ClN3O6-. The number of carbonyl (C=O) groups is 1. The van der Waals surface area contributed by atoms with E-state index in [4.69, 9.17) is 16.0 Å². The lowest BCUT2D eigenvalue weighted by molar-refractivity contribution is -0.384. The number of carboxylic acid groups (broad SMARTS) is 1. The maximum atomic E-state index is 12.9. The number of nitrogens with zero attached hydrogens (tertiary/aromatic N) is 2. The van der Waals surface area contributed by atoms with E-state index in [9.17, 15) is 24.8 Å². The summed E-state index contributed by atoms with van der Waals surface area (Å²) < 4.78 is 6.85. The first-order valence-corrected chi connectivity index (χ1v) is 9.50. The molecule has 0 aliphatic rings. The molecule has 0 radical (unpaired) electrons. The van der Waals surface area contributed by atoms with Crippen molar-refractivity contribution in [3.63, 3.8) is 0 Å². The summed E-state index contributed by atoms with van der Waals surface area (Å²) in [5.74, 6) is -0.758. The van der Waals surface area contributed by atoms with Gasteiger partial charge in [0.25, 0.3) is 11.2 Å². The monoisotopic (exact) mass is 450 g/mol. The van der Waals surface area contributed by atoms with Crippen molar-refractivity contribution >= 4 is 35.9 Å². The molecule has 0 unspecified atom stereocenters. The zero-order valence-electron chi connectivity index (χ0n) is 16.2. The Morgan fingerprint density at radius 3 is 2.69 bits per heavy atom. The van der Waals surface area contributed by atoms with E-state index in [0.29, 0.717) is 17.1 Å². The van der Waals surface area contributed by atoms with Gasteiger partial charge in [-0.2, -0.15) is 0 Å². The van der Waals surface area contributed by atoms with Gasteiger partial charge in [0.2, 0.25) is 0 Å². The molecule has 2 aromatic heterocycles. The van der Waals surface area contributed by atoms with Gasteiger partial charge in [0, 0.05) is 28.3 Å². The van der Waals surface area contributed by atoms with Crippen molar-refractivity contribution < 1.29 is 19.2 Å². The summed E-state index contributed by atoms with van der Waals surface area (Å²) in [6.45, 7) is 3.82. The number of hydrogen-bond donors (Lipinski definition) is 1. The number of furan rings is 1. The highest BCUT2D eigenvalue weighted by molar-refractivity contribution is 6.33. The number of non-ortho nitro benzene ring substituents is 1. The van der Waals surface area contributed by atoms with E-state index in [1.807, 2.05) is 0 Å². The van der Waals surface area contributed by atoms with Crippen LogP contribution in [0.5, 0.6) is 0 Å². The lowest BCUT2D eigenvalue weighted by Gasteiger charge is -2.08. The Hall–Kier alpha value is -4.37. The van der Waals surface area contributed by atoms with Gasteiger partial charge in [0.15, 0.2) is 0 Å². The molecule has 2 aromatic carbocycles. The van der Waals surface area contributed by atoms with Gasteiger partial charge in [-0.3, -0.25) is 20.0 Å². The van der Waals surface area contributed by atoms with Crippen LogP contribution >= 0.6 is 11.6 Å². The van der Waals surface area contributed by atoms with Gasteiger partial charge < -0.3 is 14.3 Å². The van der Waals surface area contributed by atoms with Crippen molar-refractivity contribution in [1.82, 2.24) is 9.78 Å². The van der Waals surface area contributed by atoms with Gasteiger partial charge in [-0.1, -0.05) is 30.3 Å². The second kappa shape index (κ2) is 8.05. The number of aromatic amines is 1. The van der Waals surface area contributed by atoms with Gasteiger partial charge >= 0.3 is 0 Å². The number of hydrogen-bond acceptors (Lipinski definition) is 6. The van der Waals surface area contributed by atoms with E-state index in [0.717, 1.165) is 4.68 Å². The van der Waals surface area contributed by atoms with Crippen LogP contribution in [0.4, 0.5) is 5.69 Å². The number of nitrogens with one attached hydrogen (secondary N) is 1. The molecule has 0 bridgehead atoms. The summed E-state index contributed by atoms with van der Waals surface area (Å²) in [7, 11) is 0. The fourth-order valence-corrected chi connectivity index (χ4v) is 3.33. The largest absolute Gasteiger partial charge is 0.545 e. The van der Waals surface area contributed by atoms with Crippen LogP contribution in [0, 0.1) is 10.1 Å². The normalized spacial score (nSPS) is 11.6. The molecule has 0 aliphatic heterocycles. The number of benzene rings is 2.